The van der Waals surface area contributed by atoms with Gasteiger partial charge in [-0.05, 0) is 40.5 Å². The summed E-state index contributed by atoms with van der Waals surface area (Å²) in [5, 5.41) is 14.4. The number of hydrogen-bond acceptors (Lipinski definition) is 6. The monoisotopic (exact) mass is 297 g/mol. The molecular formula is C14H23N3O4. The quantitative estimate of drug-likeness (QED) is 0.893. The number of rotatable bonds is 2. The number of β-amino-alcohol motifs (C(OH)–C–C–N with tert-alkyl or cyclic N) is 1. The first kappa shape index (κ1) is 15.8. The number of aliphatic hydroxyl groups is 1. The van der Waals surface area contributed by atoms with Crippen molar-refractivity contribution in [3.8, 4) is 0 Å². The van der Waals surface area contributed by atoms with Gasteiger partial charge in [-0.3, -0.25) is 0 Å². The second-order valence-electron chi connectivity index (χ2n) is 6.64. The number of ether oxygens (including phenoxy) is 1. The summed E-state index contributed by atoms with van der Waals surface area (Å²) < 4.78 is 10.4. The average molecular weight is 297 g/mol. The summed E-state index contributed by atoms with van der Waals surface area (Å²) in [7, 11) is 0. The van der Waals surface area contributed by atoms with Crippen LogP contribution < -0.4 is 0 Å². The molecule has 1 aromatic heterocycles. The molecule has 2 heterocycles. The van der Waals surface area contributed by atoms with Crippen LogP contribution in [-0.2, 0) is 11.2 Å². The van der Waals surface area contributed by atoms with Crippen LogP contribution >= 0.6 is 0 Å². The lowest BCUT2D eigenvalue weighted by Gasteiger charge is -2.38. The SMILES string of the molecule is Cc1noc(CC2(O)CCCN(C(=O)OC(C)(C)C)C2)n1. The van der Waals surface area contributed by atoms with Crippen LogP contribution in [0.25, 0.3) is 0 Å². The zero-order chi connectivity index (χ0) is 15.7. The molecule has 7 heteroatoms. The van der Waals surface area contributed by atoms with Crippen molar-refractivity contribution >= 4 is 6.09 Å². The number of piperidine rings is 1. The van der Waals surface area contributed by atoms with Crippen molar-refractivity contribution in [1.82, 2.24) is 15.0 Å². The molecule has 1 unspecified atom stereocenters. The molecule has 1 atom stereocenters. The third kappa shape index (κ3) is 4.42. The topological polar surface area (TPSA) is 88.7 Å². The lowest BCUT2D eigenvalue weighted by atomic mass is 9.90. The molecule has 1 fully saturated rings. The van der Waals surface area contributed by atoms with Crippen LogP contribution in [0.4, 0.5) is 4.79 Å². The van der Waals surface area contributed by atoms with Crippen molar-refractivity contribution in [2.45, 2.75) is 58.2 Å². The van der Waals surface area contributed by atoms with E-state index in [1.165, 1.54) is 4.90 Å². The molecule has 0 aromatic carbocycles. The first-order chi connectivity index (χ1) is 9.67. The van der Waals surface area contributed by atoms with Gasteiger partial charge in [-0.2, -0.15) is 4.98 Å². The summed E-state index contributed by atoms with van der Waals surface area (Å²) in [6, 6.07) is 0. The van der Waals surface area contributed by atoms with E-state index < -0.39 is 17.3 Å². The Labute approximate surface area is 124 Å². The Morgan fingerprint density at radius 3 is 2.81 bits per heavy atom. The minimum Gasteiger partial charge on any atom is -0.444 e. The summed E-state index contributed by atoms with van der Waals surface area (Å²) in [6.45, 7) is 7.99. The molecule has 1 aliphatic rings. The van der Waals surface area contributed by atoms with Crippen LogP contribution in [0.1, 0.15) is 45.3 Å². The fourth-order valence-corrected chi connectivity index (χ4v) is 2.43. The van der Waals surface area contributed by atoms with Crippen LogP contribution in [0.15, 0.2) is 4.52 Å². The predicted octanol–water partition coefficient (Wildman–Crippen LogP) is 1.68. The lowest BCUT2D eigenvalue weighted by molar-refractivity contribution is -0.0458. The summed E-state index contributed by atoms with van der Waals surface area (Å²) in [5.74, 6) is 0.925. The van der Waals surface area contributed by atoms with E-state index in [4.69, 9.17) is 9.26 Å². The molecule has 7 nitrogen and oxygen atoms in total. The number of hydrogen-bond donors (Lipinski definition) is 1. The normalized spacial score (nSPS) is 23.2. The van der Waals surface area contributed by atoms with Crippen molar-refractivity contribution < 1.29 is 19.2 Å². The van der Waals surface area contributed by atoms with E-state index in [9.17, 15) is 9.90 Å². The maximum Gasteiger partial charge on any atom is 0.410 e. The van der Waals surface area contributed by atoms with Gasteiger partial charge in [-0.15, -0.1) is 0 Å². The van der Waals surface area contributed by atoms with E-state index in [0.717, 1.165) is 0 Å². The van der Waals surface area contributed by atoms with E-state index in [-0.39, 0.29) is 13.0 Å². The summed E-state index contributed by atoms with van der Waals surface area (Å²) in [6.07, 6.45) is 1.14. The molecule has 1 aliphatic heterocycles. The molecule has 21 heavy (non-hydrogen) atoms. The maximum absolute atomic E-state index is 12.1. The van der Waals surface area contributed by atoms with Crippen molar-refractivity contribution in [1.29, 1.82) is 0 Å². The largest absolute Gasteiger partial charge is 0.444 e. The lowest BCUT2D eigenvalue weighted by Crippen LogP contribution is -2.52. The van der Waals surface area contributed by atoms with E-state index in [2.05, 4.69) is 10.1 Å². The number of nitrogens with zero attached hydrogens (tertiary/aromatic N) is 3. The Morgan fingerprint density at radius 1 is 1.52 bits per heavy atom. The summed E-state index contributed by atoms with van der Waals surface area (Å²) in [5.41, 5.74) is -1.59. The number of carbonyl (C=O) groups excluding carboxylic acids is 1. The van der Waals surface area contributed by atoms with E-state index >= 15 is 0 Å². The second kappa shape index (κ2) is 5.63. The molecule has 2 rings (SSSR count). The minimum absolute atomic E-state index is 0.212. The molecule has 1 saturated heterocycles. The number of aromatic nitrogens is 2. The van der Waals surface area contributed by atoms with Gasteiger partial charge in [-0.1, -0.05) is 5.16 Å². The third-order valence-corrected chi connectivity index (χ3v) is 3.26. The van der Waals surface area contributed by atoms with Crippen LogP contribution in [0.5, 0.6) is 0 Å². The number of aryl methyl sites for hydroxylation is 1. The number of amides is 1. The highest BCUT2D eigenvalue weighted by Crippen LogP contribution is 2.26. The van der Waals surface area contributed by atoms with Gasteiger partial charge < -0.3 is 19.3 Å². The highest BCUT2D eigenvalue weighted by molar-refractivity contribution is 5.68. The zero-order valence-electron chi connectivity index (χ0n) is 13.0. The molecule has 0 radical (unpaired) electrons. The number of carbonyl (C=O) groups is 1. The standard InChI is InChI=1S/C14H23N3O4/c1-10-15-11(21-16-10)8-14(19)6-5-7-17(9-14)12(18)20-13(2,3)4/h19H,5-9H2,1-4H3. The van der Waals surface area contributed by atoms with Gasteiger partial charge in [-0.25, -0.2) is 4.79 Å². The Balaban J connectivity index is 2.00. The third-order valence-electron chi connectivity index (χ3n) is 3.26. The Morgan fingerprint density at radius 2 is 2.24 bits per heavy atom. The Bertz CT molecular complexity index is 509. The Hall–Kier alpha value is -1.63. The predicted molar refractivity (Wildman–Crippen MR) is 74.7 cm³/mol. The molecule has 1 N–H and O–H groups in total. The minimum atomic E-state index is -1.05. The molecule has 0 spiro atoms. The molecule has 1 aromatic rings. The van der Waals surface area contributed by atoms with Crippen LogP contribution in [0.3, 0.4) is 0 Å². The molecule has 0 aliphatic carbocycles. The van der Waals surface area contributed by atoms with Gasteiger partial charge in [0, 0.05) is 6.54 Å². The summed E-state index contributed by atoms with van der Waals surface area (Å²) >= 11 is 0. The summed E-state index contributed by atoms with van der Waals surface area (Å²) in [4.78, 5) is 17.7. The number of likely N-dealkylation sites (tertiary alicyclic amines) is 1. The van der Waals surface area contributed by atoms with Gasteiger partial charge in [0.1, 0.15) is 5.60 Å². The highest BCUT2D eigenvalue weighted by atomic mass is 16.6. The van der Waals surface area contributed by atoms with Gasteiger partial charge >= 0.3 is 6.09 Å². The van der Waals surface area contributed by atoms with Gasteiger partial charge in [0.05, 0.1) is 18.6 Å². The van der Waals surface area contributed by atoms with E-state index in [1.54, 1.807) is 6.92 Å². The van der Waals surface area contributed by atoms with Crippen LogP contribution in [0, 0.1) is 6.92 Å². The van der Waals surface area contributed by atoms with E-state index in [0.29, 0.717) is 31.1 Å². The molecule has 0 bridgehead atoms. The zero-order valence-corrected chi connectivity index (χ0v) is 13.0. The van der Waals surface area contributed by atoms with Gasteiger partial charge in [0.15, 0.2) is 5.82 Å². The molecular weight excluding hydrogens is 274 g/mol. The van der Waals surface area contributed by atoms with Crippen molar-refractivity contribution in [3.05, 3.63) is 11.7 Å². The molecule has 1 amide bonds. The average Bonchev–Trinajstić information content (AvgIpc) is 2.71. The smallest absolute Gasteiger partial charge is 0.410 e. The molecule has 118 valence electrons. The van der Waals surface area contributed by atoms with Gasteiger partial charge in [0.25, 0.3) is 0 Å². The fraction of sp³-hybridized carbons (Fsp3) is 0.786. The molecule has 0 saturated carbocycles. The first-order valence-corrected chi connectivity index (χ1v) is 7.16. The second-order valence-corrected chi connectivity index (χ2v) is 6.64. The van der Waals surface area contributed by atoms with Crippen LogP contribution in [0.2, 0.25) is 0 Å². The first-order valence-electron chi connectivity index (χ1n) is 7.16. The van der Waals surface area contributed by atoms with E-state index in [1.807, 2.05) is 20.8 Å². The maximum atomic E-state index is 12.1. The van der Waals surface area contributed by atoms with Crippen molar-refractivity contribution in [2.24, 2.45) is 0 Å². The van der Waals surface area contributed by atoms with Crippen molar-refractivity contribution in [3.63, 3.8) is 0 Å². The Kier molecular flexibility index (Phi) is 4.22. The van der Waals surface area contributed by atoms with Crippen LogP contribution in [-0.4, -0.2) is 50.5 Å². The van der Waals surface area contributed by atoms with Crippen molar-refractivity contribution in [2.75, 3.05) is 13.1 Å². The van der Waals surface area contributed by atoms with Gasteiger partial charge in [0.2, 0.25) is 5.89 Å². The highest BCUT2D eigenvalue weighted by Gasteiger charge is 2.38. The fourth-order valence-electron chi connectivity index (χ4n) is 2.43.